The first-order valence-electron chi connectivity index (χ1n) is 12.7. The second-order valence-corrected chi connectivity index (χ2v) is 8.96. The first kappa shape index (κ1) is 26.0. The normalized spacial score (nSPS) is 13.5. The number of hydrogen-bond acceptors (Lipinski definition) is 1. The predicted octanol–water partition coefficient (Wildman–Crippen LogP) is 9.36. The van der Waals surface area contributed by atoms with Gasteiger partial charge in [0.2, 0.25) is 0 Å². The molecule has 0 amide bonds. The molecule has 0 heterocycles. The molecule has 0 spiro atoms. The van der Waals surface area contributed by atoms with Crippen LogP contribution in [0.3, 0.4) is 0 Å². The molecule has 0 bridgehead atoms. The number of nitrogens with two attached hydrogens (primary N) is 1. The van der Waals surface area contributed by atoms with Crippen molar-refractivity contribution in [3.05, 3.63) is 29.8 Å². The number of hydrogen-bond donors (Lipinski definition) is 1. The van der Waals surface area contributed by atoms with Gasteiger partial charge >= 0.3 is 0 Å². The van der Waals surface area contributed by atoms with E-state index in [9.17, 15) is 0 Å². The highest BCUT2D eigenvalue weighted by Gasteiger charge is 2.22. The Bertz CT molecular complexity index is 470. The second-order valence-electron chi connectivity index (χ2n) is 8.96. The summed E-state index contributed by atoms with van der Waals surface area (Å²) in [5.74, 6) is 0.0378. The molecule has 2 heteroatoms. The summed E-state index contributed by atoms with van der Waals surface area (Å²) in [7, 11) is 0. The molecule has 2 N–H and O–H groups in total. The topological polar surface area (TPSA) is 26.0 Å². The van der Waals surface area contributed by atoms with Gasteiger partial charge in [-0.2, -0.15) is 0 Å². The van der Waals surface area contributed by atoms with E-state index in [0.29, 0.717) is 6.42 Å². The summed E-state index contributed by atoms with van der Waals surface area (Å²) in [6.07, 6.45) is 20.3. The molecule has 0 aliphatic carbocycles. The van der Waals surface area contributed by atoms with Gasteiger partial charge in [-0.05, 0) is 30.5 Å². The van der Waals surface area contributed by atoms with E-state index in [4.69, 9.17) is 5.73 Å². The lowest BCUT2D eigenvalue weighted by atomic mass is 9.86. The van der Waals surface area contributed by atoms with E-state index in [1.807, 2.05) is 24.3 Å². The molecule has 168 valence electrons. The number of benzene rings is 1. The minimum atomic E-state index is -0.724. The van der Waals surface area contributed by atoms with Crippen molar-refractivity contribution in [2.45, 2.75) is 135 Å². The van der Waals surface area contributed by atoms with Gasteiger partial charge in [0.05, 0.1) is 0 Å². The maximum atomic E-state index is 15.1. The fourth-order valence-electron chi connectivity index (χ4n) is 4.30. The summed E-state index contributed by atoms with van der Waals surface area (Å²) in [4.78, 5) is 0. The van der Waals surface area contributed by atoms with Crippen LogP contribution in [0.25, 0.3) is 0 Å². The molecule has 0 aliphatic heterocycles. The van der Waals surface area contributed by atoms with Crippen LogP contribution in [0.2, 0.25) is 0 Å². The van der Waals surface area contributed by atoms with Gasteiger partial charge < -0.3 is 5.73 Å². The molecule has 0 aliphatic rings. The summed E-state index contributed by atoms with van der Waals surface area (Å²) < 4.78 is 15.1. The van der Waals surface area contributed by atoms with E-state index in [0.717, 1.165) is 36.9 Å². The fraction of sp³-hybridized carbons (Fsp3) is 0.778. The molecular weight excluding hydrogens is 357 g/mol. The van der Waals surface area contributed by atoms with E-state index < -0.39 is 6.17 Å². The molecule has 0 saturated carbocycles. The third-order valence-corrected chi connectivity index (χ3v) is 6.25. The molecule has 0 aromatic heterocycles. The van der Waals surface area contributed by atoms with Crippen molar-refractivity contribution >= 4 is 5.69 Å². The second kappa shape index (κ2) is 17.8. The summed E-state index contributed by atoms with van der Waals surface area (Å²) >= 11 is 0. The maximum absolute atomic E-state index is 15.1. The standard InChI is InChI=1S/C27H48FN/c1-3-5-7-9-10-11-12-13-14-15-16-18-26(24-20-22-25(29)23-21-24)27(28)19-17-8-6-4-2/h20-23,26-27H,3-19,29H2,1-2H3. The monoisotopic (exact) mass is 405 g/mol. The van der Waals surface area contributed by atoms with Crippen molar-refractivity contribution in [3.63, 3.8) is 0 Å². The summed E-state index contributed by atoms with van der Waals surface area (Å²) in [6, 6.07) is 7.92. The van der Waals surface area contributed by atoms with Crippen LogP contribution in [-0.2, 0) is 0 Å². The van der Waals surface area contributed by atoms with Crippen LogP contribution in [0.4, 0.5) is 10.1 Å². The molecule has 1 aromatic rings. The summed E-state index contributed by atoms with van der Waals surface area (Å²) in [5.41, 5.74) is 7.73. The van der Waals surface area contributed by atoms with Crippen LogP contribution in [-0.4, -0.2) is 6.17 Å². The van der Waals surface area contributed by atoms with Crippen LogP contribution >= 0.6 is 0 Å². The number of halogens is 1. The largest absolute Gasteiger partial charge is 0.399 e. The molecule has 2 unspecified atom stereocenters. The Morgan fingerprint density at radius 1 is 0.621 bits per heavy atom. The number of alkyl halides is 1. The van der Waals surface area contributed by atoms with Crippen molar-refractivity contribution in [1.82, 2.24) is 0 Å². The van der Waals surface area contributed by atoms with Crippen molar-refractivity contribution in [2.24, 2.45) is 0 Å². The molecule has 0 saturated heterocycles. The third-order valence-electron chi connectivity index (χ3n) is 6.25. The summed E-state index contributed by atoms with van der Waals surface area (Å²) in [6.45, 7) is 4.48. The van der Waals surface area contributed by atoms with E-state index in [1.165, 1.54) is 77.0 Å². The van der Waals surface area contributed by atoms with Gasteiger partial charge in [0.15, 0.2) is 0 Å². The highest BCUT2D eigenvalue weighted by atomic mass is 19.1. The number of rotatable bonds is 19. The number of unbranched alkanes of at least 4 members (excludes halogenated alkanes) is 13. The molecule has 0 fully saturated rings. The van der Waals surface area contributed by atoms with Crippen molar-refractivity contribution in [2.75, 3.05) is 5.73 Å². The minimum absolute atomic E-state index is 0.0378. The molecule has 2 atom stereocenters. The quantitative estimate of drug-likeness (QED) is 0.180. The van der Waals surface area contributed by atoms with Gasteiger partial charge in [0.1, 0.15) is 6.17 Å². The lowest BCUT2D eigenvalue weighted by Gasteiger charge is -2.22. The van der Waals surface area contributed by atoms with Gasteiger partial charge in [-0.3, -0.25) is 0 Å². The Labute approximate surface area is 181 Å². The predicted molar refractivity (Wildman–Crippen MR) is 128 cm³/mol. The highest BCUT2D eigenvalue weighted by Crippen LogP contribution is 2.31. The van der Waals surface area contributed by atoms with Crippen molar-refractivity contribution in [3.8, 4) is 0 Å². The lowest BCUT2D eigenvalue weighted by molar-refractivity contribution is 0.245. The van der Waals surface area contributed by atoms with E-state index in [1.54, 1.807) is 0 Å². The van der Waals surface area contributed by atoms with Gasteiger partial charge in [-0.25, -0.2) is 4.39 Å². The van der Waals surface area contributed by atoms with E-state index >= 15 is 4.39 Å². The fourth-order valence-corrected chi connectivity index (χ4v) is 4.30. The molecular formula is C27H48FN. The SMILES string of the molecule is CCCCCCCCCCCCCC(c1ccc(N)cc1)C(F)CCCCCC. The zero-order valence-electron chi connectivity index (χ0n) is 19.4. The van der Waals surface area contributed by atoms with Gasteiger partial charge in [-0.15, -0.1) is 0 Å². The van der Waals surface area contributed by atoms with Gasteiger partial charge in [0, 0.05) is 11.6 Å². The zero-order valence-corrected chi connectivity index (χ0v) is 19.4. The molecule has 1 aromatic carbocycles. The summed E-state index contributed by atoms with van der Waals surface area (Å²) in [5, 5.41) is 0. The van der Waals surface area contributed by atoms with Crippen molar-refractivity contribution < 1.29 is 4.39 Å². The Morgan fingerprint density at radius 3 is 1.55 bits per heavy atom. The number of anilines is 1. The van der Waals surface area contributed by atoms with Gasteiger partial charge in [0.25, 0.3) is 0 Å². The van der Waals surface area contributed by atoms with Crippen LogP contribution in [0, 0.1) is 0 Å². The molecule has 1 nitrogen and oxygen atoms in total. The Hall–Kier alpha value is -1.05. The molecule has 1 rings (SSSR count). The molecule has 0 radical (unpaired) electrons. The Morgan fingerprint density at radius 2 is 1.03 bits per heavy atom. The van der Waals surface area contributed by atoms with Crippen LogP contribution in [0.1, 0.15) is 134 Å². The van der Waals surface area contributed by atoms with E-state index in [-0.39, 0.29) is 5.92 Å². The van der Waals surface area contributed by atoms with Crippen molar-refractivity contribution in [1.29, 1.82) is 0 Å². The van der Waals surface area contributed by atoms with E-state index in [2.05, 4.69) is 13.8 Å². The van der Waals surface area contributed by atoms with Crippen LogP contribution < -0.4 is 5.73 Å². The smallest absolute Gasteiger partial charge is 0.107 e. The first-order valence-corrected chi connectivity index (χ1v) is 12.7. The highest BCUT2D eigenvalue weighted by molar-refractivity contribution is 5.40. The number of nitrogen functional groups attached to an aromatic ring is 1. The van der Waals surface area contributed by atoms with Crippen LogP contribution in [0.5, 0.6) is 0 Å². The van der Waals surface area contributed by atoms with Crippen LogP contribution in [0.15, 0.2) is 24.3 Å². The lowest BCUT2D eigenvalue weighted by Crippen LogP contribution is -2.14. The first-order chi connectivity index (χ1) is 14.2. The Kier molecular flexibility index (Phi) is 15.9. The third kappa shape index (κ3) is 13.0. The minimum Gasteiger partial charge on any atom is -0.399 e. The zero-order chi connectivity index (χ0) is 21.2. The maximum Gasteiger partial charge on any atom is 0.107 e. The Balaban J connectivity index is 2.28. The van der Waals surface area contributed by atoms with Gasteiger partial charge in [-0.1, -0.05) is 122 Å². The molecule has 29 heavy (non-hydrogen) atoms. The average Bonchev–Trinajstić information content (AvgIpc) is 2.73. The average molecular weight is 406 g/mol.